The monoisotopic (exact) mass is 450 g/mol. The number of carboxylic acid groups (broad SMARTS) is 1. The minimum absolute atomic E-state index is 0.260. The van der Waals surface area contributed by atoms with Gasteiger partial charge in [-0.25, -0.2) is 0 Å². The van der Waals surface area contributed by atoms with Crippen molar-refractivity contribution in [2.24, 2.45) is 10.2 Å². The summed E-state index contributed by atoms with van der Waals surface area (Å²) in [4.78, 5) is 24.8. The van der Waals surface area contributed by atoms with E-state index in [0.717, 1.165) is 50.2 Å². The van der Waals surface area contributed by atoms with E-state index in [1.54, 1.807) is 0 Å². The Hall–Kier alpha value is -2.63. The molecule has 1 aromatic carbocycles. The number of carbonyl (C=O) groups excluding carboxylic acids is 1. The van der Waals surface area contributed by atoms with Crippen molar-refractivity contribution in [1.29, 1.82) is 0 Å². The lowest BCUT2D eigenvalue weighted by molar-refractivity contribution is -0.138. The molecule has 168 valence electrons. The third-order valence-corrected chi connectivity index (χ3v) is 5.60. The SMILES string of the molecule is CCOc1cc(C=NN=C2NC(=O)C(CC(=O)O)S2)ccc1OCCN1CCOCC1. The molecular weight excluding hydrogens is 424 g/mol. The summed E-state index contributed by atoms with van der Waals surface area (Å²) in [6.45, 7) is 7.10. The molecule has 2 heterocycles. The molecule has 31 heavy (non-hydrogen) atoms. The van der Waals surface area contributed by atoms with Crippen LogP contribution in [0.5, 0.6) is 11.5 Å². The van der Waals surface area contributed by atoms with Gasteiger partial charge in [-0.3, -0.25) is 14.5 Å². The predicted octanol–water partition coefficient (Wildman–Crippen LogP) is 1.19. The summed E-state index contributed by atoms with van der Waals surface area (Å²) in [5, 5.41) is 18.9. The van der Waals surface area contributed by atoms with Crippen LogP contribution in [0.3, 0.4) is 0 Å². The molecule has 2 aliphatic rings. The van der Waals surface area contributed by atoms with Gasteiger partial charge in [-0.05, 0) is 30.7 Å². The maximum absolute atomic E-state index is 11.7. The van der Waals surface area contributed by atoms with Gasteiger partial charge in [0.15, 0.2) is 16.7 Å². The lowest BCUT2D eigenvalue weighted by Crippen LogP contribution is -2.38. The zero-order valence-electron chi connectivity index (χ0n) is 17.3. The molecule has 2 saturated heterocycles. The standard InChI is InChI=1S/C20H26N4O6S/c1-2-29-16-11-14(3-4-15(16)30-10-7-24-5-8-28-9-6-24)13-21-23-20-22-19(27)17(31-20)12-18(25)26/h3-4,11,13,17H,2,5-10,12H2,1H3,(H,25,26)(H,22,23,27). The highest BCUT2D eigenvalue weighted by molar-refractivity contribution is 8.15. The molecule has 2 fully saturated rings. The highest BCUT2D eigenvalue weighted by Crippen LogP contribution is 2.28. The molecule has 0 bridgehead atoms. The number of hydrogen-bond donors (Lipinski definition) is 2. The van der Waals surface area contributed by atoms with Crippen molar-refractivity contribution >= 4 is 35.0 Å². The third kappa shape index (κ3) is 7.23. The van der Waals surface area contributed by atoms with Gasteiger partial charge < -0.3 is 24.6 Å². The first-order valence-electron chi connectivity index (χ1n) is 10.0. The largest absolute Gasteiger partial charge is 0.490 e. The van der Waals surface area contributed by atoms with Crippen LogP contribution in [0.25, 0.3) is 0 Å². The number of carboxylic acids is 1. The van der Waals surface area contributed by atoms with Gasteiger partial charge >= 0.3 is 5.97 Å². The molecule has 1 amide bonds. The van der Waals surface area contributed by atoms with Gasteiger partial charge in [-0.2, -0.15) is 5.10 Å². The third-order valence-electron chi connectivity index (χ3n) is 4.53. The Morgan fingerprint density at radius 3 is 2.90 bits per heavy atom. The van der Waals surface area contributed by atoms with E-state index in [1.165, 1.54) is 6.21 Å². The van der Waals surface area contributed by atoms with Crippen LogP contribution < -0.4 is 14.8 Å². The van der Waals surface area contributed by atoms with Crippen LogP contribution in [0.1, 0.15) is 18.9 Å². The average Bonchev–Trinajstić information content (AvgIpc) is 3.09. The van der Waals surface area contributed by atoms with Crippen LogP contribution in [0.2, 0.25) is 0 Å². The van der Waals surface area contributed by atoms with Crippen molar-refractivity contribution in [1.82, 2.24) is 10.2 Å². The molecule has 0 aromatic heterocycles. The molecule has 11 heteroatoms. The lowest BCUT2D eigenvalue weighted by Gasteiger charge is -2.26. The van der Waals surface area contributed by atoms with E-state index in [2.05, 4.69) is 20.4 Å². The fourth-order valence-electron chi connectivity index (χ4n) is 3.00. The van der Waals surface area contributed by atoms with E-state index in [4.69, 9.17) is 19.3 Å². The maximum atomic E-state index is 11.7. The Bertz CT molecular complexity index is 841. The van der Waals surface area contributed by atoms with E-state index in [1.807, 2.05) is 25.1 Å². The Morgan fingerprint density at radius 2 is 2.16 bits per heavy atom. The highest BCUT2D eigenvalue weighted by Gasteiger charge is 2.32. The molecular formula is C20H26N4O6S. The number of thioether (sulfide) groups is 1. The maximum Gasteiger partial charge on any atom is 0.305 e. The fraction of sp³-hybridized carbons (Fsp3) is 0.500. The predicted molar refractivity (Wildman–Crippen MR) is 117 cm³/mol. The second-order valence-corrected chi connectivity index (χ2v) is 7.98. The van der Waals surface area contributed by atoms with E-state index >= 15 is 0 Å². The molecule has 10 nitrogen and oxygen atoms in total. The van der Waals surface area contributed by atoms with Crippen LogP contribution in [0, 0.1) is 0 Å². The number of ether oxygens (including phenoxy) is 3. The van der Waals surface area contributed by atoms with Crippen LogP contribution in [-0.4, -0.2) is 84.6 Å². The van der Waals surface area contributed by atoms with Gasteiger partial charge in [0.05, 0.1) is 32.5 Å². The molecule has 0 radical (unpaired) electrons. The number of rotatable bonds is 10. The zero-order valence-corrected chi connectivity index (χ0v) is 18.1. The smallest absolute Gasteiger partial charge is 0.305 e. The van der Waals surface area contributed by atoms with Crippen LogP contribution in [-0.2, 0) is 14.3 Å². The molecule has 0 saturated carbocycles. The van der Waals surface area contributed by atoms with Crippen molar-refractivity contribution in [3.05, 3.63) is 23.8 Å². The zero-order chi connectivity index (χ0) is 22.1. The van der Waals surface area contributed by atoms with Crippen molar-refractivity contribution < 1.29 is 28.9 Å². The minimum Gasteiger partial charge on any atom is -0.490 e. The molecule has 3 rings (SSSR count). The number of nitrogens with zero attached hydrogens (tertiary/aromatic N) is 3. The van der Waals surface area contributed by atoms with Crippen molar-refractivity contribution in [2.45, 2.75) is 18.6 Å². The van der Waals surface area contributed by atoms with Crippen molar-refractivity contribution in [3.8, 4) is 11.5 Å². The molecule has 1 atom stereocenters. The molecule has 0 spiro atoms. The van der Waals surface area contributed by atoms with Gasteiger partial charge in [0.25, 0.3) is 0 Å². The number of nitrogens with one attached hydrogen (secondary N) is 1. The highest BCUT2D eigenvalue weighted by atomic mass is 32.2. The second kappa shape index (κ2) is 11.7. The van der Waals surface area contributed by atoms with E-state index in [-0.39, 0.29) is 17.5 Å². The summed E-state index contributed by atoms with van der Waals surface area (Å²) in [6.07, 6.45) is 1.27. The first-order valence-corrected chi connectivity index (χ1v) is 10.9. The number of aliphatic carboxylic acids is 1. The molecule has 1 unspecified atom stereocenters. The normalized spacial score (nSPS) is 20.9. The Balaban J connectivity index is 1.57. The second-order valence-electron chi connectivity index (χ2n) is 6.78. The van der Waals surface area contributed by atoms with Crippen molar-refractivity contribution in [3.63, 3.8) is 0 Å². The minimum atomic E-state index is -1.03. The summed E-state index contributed by atoms with van der Waals surface area (Å²) in [5.41, 5.74) is 0.754. The van der Waals surface area contributed by atoms with Crippen LogP contribution >= 0.6 is 11.8 Å². The van der Waals surface area contributed by atoms with Crippen LogP contribution in [0.15, 0.2) is 28.4 Å². The van der Waals surface area contributed by atoms with Crippen LogP contribution in [0.4, 0.5) is 0 Å². The molecule has 0 aliphatic carbocycles. The van der Waals surface area contributed by atoms with Gasteiger partial charge in [0.2, 0.25) is 5.91 Å². The van der Waals surface area contributed by atoms with Crippen molar-refractivity contribution in [2.75, 3.05) is 46.1 Å². The Morgan fingerprint density at radius 1 is 1.35 bits per heavy atom. The number of amides is 1. The summed E-state index contributed by atoms with van der Waals surface area (Å²) >= 11 is 1.05. The molecule has 1 aromatic rings. The summed E-state index contributed by atoms with van der Waals surface area (Å²) in [5.74, 6) is -0.133. The number of amidine groups is 1. The number of carbonyl (C=O) groups is 2. The topological polar surface area (TPSA) is 122 Å². The Kier molecular flexibility index (Phi) is 8.68. The lowest BCUT2D eigenvalue weighted by atomic mass is 10.2. The van der Waals surface area contributed by atoms with Gasteiger partial charge in [0, 0.05) is 19.6 Å². The van der Waals surface area contributed by atoms with E-state index < -0.39 is 11.2 Å². The number of benzene rings is 1. The Labute approximate surface area is 184 Å². The summed E-state index contributed by atoms with van der Waals surface area (Å²) < 4.78 is 17.0. The number of hydrogen-bond acceptors (Lipinski definition) is 9. The molecule has 2 aliphatic heterocycles. The molecule has 2 N–H and O–H groups in total. The van der Waals surface area contributed by atoms with E-state index in [9.17, 15) is 9.59 Å². The number of morpholine rings is 1. The van der Waals surface area contributed by atoms with Gasteiger partial charge in [-0.1, -0.05) is 11.8 Å². The fourth-order valence-corrected chi connectivity index (χ4v) is 3.91. The summed E-state index contributed by atoms with van der Waals surface area (Å²) in [7, 11) is 0. The first kappa shape index (κ1) is 23.0. The average molecular weight is 451 g/mol. The van der Waals surface area contributed by atoms with Gasteiger partial charge in [0.1, 0.15) is 11.9 Å². The summed E-state index contributed by atoms with van der Waals surface area (Å²) in [6, 6.07) is 5.47. The quantitative estimate of drug-likeness (QED) is 0.403. The van der Waals surface area contributed by atoms with Gasteiger partial charge in [-0.15, -0.1) is 5.10 Å². The van der Waals surface area contributed by atoms with E-state index in [0.29, 0.717) is 24.7 Å². The first-order chi connectivity index (χ1) is 15.0.